The molecule has 12 heavy (non-hydrogen) atoms. The van der Waals surface area contributed by atoms with Crippen LogP contribution >= 0.6 is 11.6 Å². The molecular formula is C8H10ClNO2. The Hall–Kier alpha value is -0.510. The highest BCUT2D eigenvalue weighted by atomic mass is 35.5. The first-order valence-electron chi connectivity index (χ1n) is 3.84. The lowest BCUT2D eigenvalue weighted by atomic mass is 9.96. The maximum atomic E-state index is 9.07. The second-order valence-corrected chi connectivity index (χ2v) is 3.57. The van der Waals surface area contributed by atoms with E-state index in [-0.39, 0.29) is 6.61 Å². The van der Waals surface area contributed by atoms with E-state index in [0.29, 0.717) is 5.22 Å². The lowest BCUT2D eigenvalue weighted by Crippen LogP contribution is -2.37. The maximum Gasteiger partial charge on any atom is 0.193 e. The quantitative estimate of drug-likeness (QED) is 0.691. The summed E-state index contributed by atoms with van der Waals surface area (Å²) in [6.45, 7) is -0.0597. The van der Waals surface area contributed by atoms with Gasteiger partial charge in [0.25, 0.3) is 0 Å². The van der Waals surface area contributed by atoms with Gasteiger partial charge in [0.1, 0.15) is 5.76 Å². The van der Waals surface area contributed by atoms with Gasteiger partial charge in [-0.15, -0.1) is 0 Å². The van der Waals surface area contributed by atoms with Crippen LogP contribution in [-0.2, 0) is 12.0 Å². The highest BCUT2D eigenvalue weighted by Crippen LogP contribution is 2.37. The Labute approximate surface area is 75.1 Å². The number of nitrogens with two attached hydrogens (primary N) is 1. The first-order chi connectivity index (χ1) is 5.65. The van der Waals surface area contributed by atoms with Gasteiger partial charge >= 0.3 is 0 Å². The van der Waals surface area contributed by atoms with E-state index in [2.05, 4.69) is 0 Å². The summed E-state index contributed by atoms with van der Waals surface area (Å²) in [5.41, 5.74) is 6.14. The molecule has 2 rings (SSSR count). The maximum absolute atomic E-state index is 9.07. The van der Waals surface area contributed by atoms with Gasteiger partial charge in [-0.25, -0.2) is 0 Å². The van der Waals surface area contributed by atoms with E-state index in [0.717, 1.165) is 24.2 Å². The lowest BCUT2D eigenvalue weighted by molar-refractivity contribution is 0.197. The first-order valence-corrected chi connectivity index (χ1v) is 4.22. The van der Waals surface area contributed by atoms with Crippen LogP contribution in [0, 0.1) is 0 Å². The van der Waals surface area contributed by atoms with Crippen molar-refractivity contribution < 1.29 is 9.52 Å². The van der Waals surface area contributed by atoms with Gasteiger partial charge in [-0.05, 0) is 18.0 Å². The molecule has 1 heterocycles. The molecule has 66 valence electrons. The van der Waals surface area contributed by atoms with Crippen molar-refractivity contribution in [2.75, 3.05) is 6.61 Å². The highest BCUT2D eigenvalue weighted by molar-refractivity contribution is 6.29. The zero-order valence-electron chi connectivity index (χ0n) is 6.51. The largest absolute Gasteiger partial charge is 0.449 e. The summed E-state index contributed by atoms with van der Waals surface area (Å²) in [5, 5.41) is 9.42. The molecule has 1 aliphatic carbocycles. The molecule has 3 N–H and O–H groups in total. The molecule has 0 spiro atoms. The Balaban J connectivity index is 2.47. The van der Waals surface area contributed by atoms with Crippen LogP contribution in [0.4, 0.5) is 0 Å². The number of hydrogen-bond donors (Lipinski definition) is 2. The van der Waals surface area contributed by atoms with Crippen LogP contribution in [0.25, 0.3) is 0 Å². The molecule has 4 heteroatoms. The van der Waals surface area contributed by atoms with Gasteiger partial charge in [-0.3, -0.25) is 0 Å². The van der Waals surface area contributed by atoms with Crippen molar-refractivity contribution in [3.05, 3.63) is 22.6 Å². The normalized spacial score (nSPS) is 27.6. The molecule has 1 atom stereocenters. The SMILES string of the molecule is NC1(CO)CCc2oc(Cl)cc21. The fraction of sp³-hybridized carbons (Fsp3) is 0.500. The molecule has 0 aromatic carbocycles. The number of halogens is 1. The molecule has 0 radical (unpaired) electrons. The summed E-state index contributed by atoms with van der Waals surface area (Å²) in [4.78, 5) is 0. The van der Waals surface area contributed by atoms with E-state index in [1.54, 1.807) is 6.07 Å². The van der Waals surface area contributed by atoms with Gasteiger partial charge in [0.2, 0.25) is 0 Å². The standard InChI is InChI=1S/C8H10ClNO2/c9-7-3-5-6(12-7)1-2-8(5,10)4-11/h3,11H,1-2,4,10H2. The number of aliphatic hydroxyl groups excluding tert-OH is 1. The molecule has 1 aromatic rings. The van der Waals surface area contributed by atoms with Crippen molar-refractivity contribution in [3.8, 4) is 0 Å². The van der Waals surface area contributed by atoms with Crippen molar-refractivity contribution >= 4 is 11.6 Å². The molecule has 3 nitrogen and oxygen atoms in total. The first kappa shape index (κ1) is 8.10. The third kappa shape index (κ3) is 0.975. The van der Waals surface area contributed by atoms with Gasteiger partial charge in [0.05, 0.1) is 12.1 Å². The molecule has 0 saturated heterocycles. The van der Waals surface area contributed by atoms with Crippen LogP contribution in [0.2, 0.25) is 5.22 Å². The Bertz CT molecular complexity index is 310. The highest BCUT2D eigenvalue weighted by Gasteiger charge is 2.37. The van der Waals surface area contributed by atoms with Gasteiger partial charge in [-0.1, -0.05) is 0 Å². The van der Waals surface area contributed by atoms with E-state index in [9.17, 15) is 0 Å². The van der Waals surface area contributed by atoms with E-state index in [4.69, 9.17) is 26.9 Å². The third-order valence-electron chi connectivity index (χ3n) is 2.40. The van der Waals surface area contributed by atoms with Crippen LogP contribution in [-0.4, -0.2) is 11.7 Å². The van der Waals surface area contributed by atoms with Crippen LogP contribution in [0.15, 0.2) is 10.5 Å². The van der Waals surface area contributed by atoms with Crippen molar-refractivity contribution in [2.45, 2.75) is 18.4 Å². The van der Waals surface area contributed by atoms with Crippen LogP contribution in [0.3, 0.4) is 0 Å². The van der Waals surface area contributed by atoms with E-state index in [1.807, 2.05) is 0 Å². The minimum atomic E-state index is -0.633. The smallest absolute Gasteiger partial charge is 0.193 e. The number of rotatable bonds is 1. The van der Waals surface area contributed by atoms with Crippen LogP contribution in [0.1, 0.15) is 17.7 Å². The Morgan fingerprint density at radius 1 is 1.75 bits per heavy atom. The summed E-state index contributed by atoms with van der Waals surface area (Å²) in [6.07, 6.45) is 1.49. The third-order valence-corrected chi connectivity index (χ3v) is 2.58. The van der Waals surface area contributed by atoms with Crippen molar-refractivity contribution in [3.63, 3.8) is 0 Å². The van der Waals surface area contributed by atoms with E-state index >= 15 is 0 Å². The predicted molar refractivity (Wildman–Crippen MR) is 45.0 cm³/mol. The minimum Gasteiger partial charge on any atom is -0.449 e. The molecule has 0 amide bonds. The summed E-state index contributed by atoms with van der Waals surface area (Å²) in [7, 11) is 0. The predicted octanol–water partition coefficient (Wildman–Crippen LogP) is 1.03. The molecule has 0 bridgehead atoms. The summed E-state index contributed by atoms with van der Waals surface area (Å²) < 4.78 is 5.20. The lowest BCUT2D eigenvalue weighted by Gasteiger charge is -2.19. The average Bonchev–Trinajstić information content (AvgIpc) is 2.53. The topological polar surface area (TPSA) is 59.4 Å². The summed E-state index contributed by atoms with van der Waals surface area (Å²) in [6, 6.07) is 1.69. The zero-order valence-corrected chi connectivity index (χ0v) is 7.27. The molecule has 1 unspecified atom stereocenters. The van der Waals surface area contributed by atoms with E-state index in [1.165, 1.54) is 0 Å². The molecule has 0 fully saturated rings. The second-order valence-electron chi connectivity index (χ2n) is 3.20. The van der Waals surface area contributed by atoms with Crippen LogP contribution in [0.5, 0.6) is 0 Å². The Morgan fingerprint density at radius 2 is 2.50 bits per heavy atom. The fourth-order valence-corrected chi connectivity index (χ4v) is 1.84. The van der Waals surface area contributed by atoms with Gasteiger partial charge in [0, 0.05) is 18.1 Å². The number of furan rings is 1. The summed E-state index contributed by atoms with van der Waals surface area (Å²) >= 11 is 5.66. The zero-order chi connectivity index (χ0) is 8.77. The molecule has 0 aliphatic heterocycles. The van der Waals surface area contributed by atoms with E-state index < -0.39 is 5.54 Å². The number of aliphatic hydroxyl groups is 1. The molecule has 0 saturated carbocycles. The number of fused-ring (bicyclic) bond motifs is 1. The molecule has 1 aromatic heterocycles. The Morgan fingerprint density at radius 3 is 3.17 bits per heavy atom. The molecular weight excluding hydrogens is 178 g/mol. The van der Waals surface area contributed by atoms with Crippen molar-refractivity contribution in [2.24, 2.45) is 5.73 Å². The van der Waals surface area contributed by atoms with Gasteiger partial charge < -0.3 is 15.3 Å². The minimum absolute atomic E-state index is 0.0597. The van der Waals surface area contributed by atoms with Crippen molar-refractivity contribution in [1.29, 1.82) is 0 Å². The van der Waals surface area contributed by atoms with Crippen LogP contribution < -0.4 is 5.73 Å². The van der Waals surface area contributed by atoms with Gasteiger partial charge in [0.15, 0.2) is 5.22 Å². The average molecular weight is 188 g/mol. The Kier molecular flexibility index (Phi) is 1.68. The fourth-order valence-electron chi connectivity index (χ4n) is 1.64. The number of aryl methyl sites for hydroxylation is 1. The second kappa shape index (κ2) is 2.49. The monoisotopic (exact) mass is 187 g/mol. The summed E-state index contributed by atoms with van der Waals surface area (Å²) in [5.74, 6) is 0.816. The van der Waals surface area contributed by atoms with Gasteiger partial charge in [-0.2, -0.15) is 0 Å². The van der Waals surface area contributed by atoms with Crippen molar-refractivity contribution in [1.82, 2.24) is 0 Å². The number of hydrogen-bond acceptors (Lipinski definition) is 3. The molecule has 1 aliphatic rings.